The Labute approximate surface area is 164 Å². The van der Waals surface area contributed by atoms with Crippen LogP contribution in [0.1, 0.15) is 16.1 Å². The van der Waals surface area contributed by atoms with E-state index in [2.05, 4.69) is 32.3 Å². The van der Waals surface area contributed by atoms with Gasteiger partial charge in [-0.2, -0.15) is 0 Å². The summed E-state index contributed by atoms with van der Waals surface area (Å²) in [6.45, 7) is 3.29. The molecule has 0 saturated carbocycles. The summed E-state index contributed by atoms with van der Waals surface area (Å²) in [5, 5.41) is 2.93. The van der Waals surface area contributed by atoms with Crippen molar-refractivity contribution in [1.29, 1.82) is 0 Å². The van der Waals surface area contributed by atoms with Crippen molar-refractivity contribution in [3.63, 3.8) is 0 Å². The van der Waals surface area contributed by atoms with Crippen molar-refractivity contribution in [3.05, 3.63) is 78.1 Å². The first-order valence-electron chi connectivity index (χ1n) is 9.38. The number of nitrogens with one attached hydrogen (secondary N) is 1. The van der Waals surface area contributed by atoms with E-state index < -0.39 is 0 Å². The maximum Gasteiger partial charge on any atom is 0.251 e. The second kappa shape index (κ2) is 8.63. The molecular weight excluding hydrogens is 352 g/mol. The molecule has 1 aliphatic heterocycles. The monoisotopic (exact) mass is 374 g/mol. The first-order valence-corrected chi connectivity index (χ1v) is 9.38. The maximum absolute atomic E-state index is 12.5. The SMILES string of the molecule is O=C(NCc1ccnc(N2CCOCC2)n1)c1ccc(-c2ccccc2)cc1. The molecule has 1 amide bonds. The molecular formula is C22H22N4O2. The van der Waals surface area contributed by atoms with Crippen molar-refractivity contribution >= 4 is 11.9 Å². The van der Waals surface area contributed by atoms with E-state index in [0.717, 1.165) is 29.9 Å². The van der Waals surface area contributed by atoms with Crippen LogP contribution >= 0.6 is 0 Å². The summed E-state index contributed by atoms with van der Waals surface area (Å²) in [5.74, 6) is 0.563. The normalized spacial score (nSPS) is 13.9. The summed E-state index contributed by atoms with van der Waals surface area (Å²) in [6, 6.07) is 19.5. The van der Waals surface area contributed by atoms with Crippen molar-refractivity contribution in [1.82, 2.24) is 15.3 Å². The average molecular weight is 374 g/mol. The van der Waals surface area contributed by atoms with Gasteiger partial charge in [-0.1, -0.05) is 42.5 Å². The molecule has 1 aliphatic rings. The van der Waals surface area contributed by atoms with Crippen LogP contribution in [-0.2, 0) is 11.3 Å². The van der Waals surface area contributed by atoms with Crippen molar-refractivity contribution < 1.29 is 9.53 Å². The highest BCUT2D eigenvalue weighted by Crippen LogP contribution is 2.19. The number of carbonyl (C=O) groups is 1. The Bertz CT molecular complexity index is 923. The summed E-state index contributed by atoms with van der Waals surface area (Å²) in [7, 11) is 0. The van der Waals surface area contributed by atoms with Gasteiger partial charge in [-0.25, -0.2) is 9.97 Å². The third-order valence-corrected chi connectivity index (χ3v) is 4.68. The van der Waals surface area contributed by atoms with E-state index in [-0.39, 0.29) is 5.91 Å². The van der Waals surface area contributed by atoms with Crippen molar-refractivity contribution in [3.8, 4) is 11.1 Å². The van der Waals surface area contributed by atoms with Crippen molar-refractivity contribution in [2.24, 2.45) is 0 Å². The zero-order chi connectivity index (χ0) is 19.2. The number of carbonyl (C=O) groups excluding carboxylic acids is 1. The van der Waals surface area contributed by atoms with E-state index in [9.17, 15) is 4.79 Å². The average Bonchev–Trinajstić information content (AvgIpc) is 2.79. The Hall–Kier alpha value is -3.25. The topological polar surface area (TPSA) is 67.4 Å². The third kappa shape index (κ3) is 4.35. The van der Waals surface area contributed by atoms with Crippen LogP contribution in [0.15, 0.2) is 66.9 Å². The Kier molecular flexibility index (Phi) is 5.58. The molecule has 1 N–H and O–H groups in total. The largest absolute Gasteiger partial charge is 0.378 e. The summed E-state index contributed by atoms with van der Waals surface area (Å²) < 4.78 is 5.36. The van der Waals surface area contributed by atoms with Gasteiger partial charge in [-0.15, -0.1) is 0 Å². The summed E-state index contributed by atoms with van der Waals surface area (Å²) in [4.78, 5) is 23.5. The number of rotatable bonds is 5. The molecule has 0 aliphatic carbocycles. The molecule has 6 nitrogen and oxygen atoms in total. The van der Waals surface area contributed by atoms with E-state index >= 15 is 0 Å². The van der Waals surface area contributed by atoms with Gasteiger partial charge in [-0.05, 0) is 29.3 Å². The lowest BCUT2D eigenvalue weighted by molar-refractivity contribution is 0.0950. The van der Waals surface area contributed by atoms with Gasteiger partial charge >= 0.3 is 0 Å². The van der Waals surface area contributed by atoms with Crippen LogP contribution in [0.5, 0.6) is 0 Å². The number of benzene rings is 2. The molecule has 0 spiro atoms. The molecule has 6 heteroatoms. The molecule has 28 heavy (non-hydrogen) atoms. The lowest BCUT2D eigenvalue weighted by Crippen LogP contribution is -2.37. The second-order valence-electron chi connectivity index (χ2n) is 6.57. The van der Waals surface area contributed by atoms with Crippen molar-refractivity contribution in [2.45, 2.75) is 6.54 Å². The number of nitrogens with zero attached hydrogens (tertiary/aromatic N) is 3. The second-order valence-corrected chi connectivity index (χ2v) is 6.57. The number of hydrogen-bond donors (Lipinski definition) is 1. The fraction of sp³-hybridized carbons (Fsp3) is 0.227. The van der Waals surface area contributed by atoms with Gasteiger partial charge < -0.3 is 15.0 Å². The van der Waals surface area contributed by atoms with Gasteiger partial charge in [0, 0.05) is 24.8 Å². The fourth-order valence-electron chi connectivity index (χ4n) is 3.12. The smallest absolute Gasteiger partial charge is 0.251 e. The number of ether oxygens (including phenoxy) is 1. The molecule has 2 heterocycles. The van der Waals surface area contributed by atoms with E-state index in [1.54, 1.807) is 6.20 Å². The highest BCUT2D eigenvalue weighted by Gasteiger charge is 2.14. The van der Waals surface area contributed by atoms with Crippen LogP contribution in [0.2, 0.25) is 0 Å². The molecule has 1 fully saturated rings. The minimum atomic E-state index is -0.119. The Balaban J connectivity index is 1.38. The third-order valence-electron chi connectivity index (χ3n) is 4.68. The number of aromatic nitrogens is 2. The van der Waals surface area contributed by atoms with Crippen LogP contribution in [-0.4, -0.2) is 42.2 Å². The molecule has 4 rings (SSSR count). The van der Waals surface area contributed by atoms with Gasteiger partial charge in [0.2, 0.25) is 5.95 Å². The zero-order valence-electron chi connectivity index (χ0n) is 15.5. The summed E-state index contributed by atoms with van der Waals surface area (Å²) >= 11 is 0. The highest BCUT2D eigenvalue weighted by molar-refractivity contribution is 5.94. The lowest BCUT2D eigenvalue weighted by Gasteiger charge is -2.26. The predicted octanol–water partition coefficient (Wildman–Crippen LogP) is 2.91. The van der Waals surface area contributed by atoms with Crippen molar-refractivity contribution in [2.75, 3.05) is 31.2 Å². The van der Waals surface area contributed by atoms with E-state index in [4.69, 9.17) is 4.74 Å². The van der Waals surface area contributed by atoms with Gasteiger partial charge in [-0.3, -0.25) is 4.79 Å². The molecule has 3 aromatic rings. The molecule has 142 valence electrons. The van der Waals surface area contributed by atoms with Crippen LogP contribution in [0, 0.1) is 0 Å². The summed E-state index contributed by atoms with van der Waals surface area (Å²) in [5.41, 5.74) is 3.63. The number of morpholine rings is 1. The minimum absolute atomic E-state index is 0.119. The molecule has 2 aromatic carbocycles. The van der Waals surface area contributed by atoms with Gasteiger partial charge in [0.15, 0.2) is 0 Å². The maximum atomic E-state index is 12.5. The van der Waals surface area contributed by atoms with Crippen LogP contribution in [0.3, 0.4) is 0 Å². The van der Waals surface area contributed by atoms with E-state index in [1.165, 1.54) is 0 Å². The van der Waals surface area contributed by atoms with Gasteiger partial charge in [0.05, 0.1) is 25.5 Å². The van der Waals surface area contributed by atoms with Gasteiger partial charge in [0.25, 0.3) is 5.91 Å². The first-order chi connectivity index (χ1) is 13.8. The van der Waals surface area contributed by atoms with E-state index in [1.807, 2.05) is 48.5 Å². The number of anilines is 1. The Morgan fingerprint density at radius 1 is 0.964 bits per heavy atom. The van der Waals surface area contributed by atoms with Gasteiger partial charge in [0.1, 0.15) is 0 Å². The molecule has 0 unspecified atom stereocenters. The molecule has 0 radical (unpaired) electrons. The zero-order valence-corrected chi connectivity index (χ0v) is 15.5. The quantitative estimate of drug-likeness (QED) is 0.744. The van der Waals surface area contributed by atoms with Crippen LogP contribution in [0.4, 0.5) is 5.95 Å². The standard InChI is InChI=1S/C22H22N4O2/c27-21(19-8-6-18(7-9-19)17-4-2-1-3-5-17)24-16-20-10-11-23-22(25-20)26-12-14-28-15-13-26/h1-11H,12-16H2,(H,24,27). The molecule has 1 saturated heterocycles. The van der Waals surface area contributed by atoms with E-state index in [0.29, 0.717) is 31.3 Å². The summed E-state index contributed by atoms with van der Waals surface area (Å²) in [6.07, 6.45) is 1.73. The first kappa shape index (κ1) is 18.1. The lowest BCUT2D eigenvalue weighted by atomic mass is 10.0. The fourth-order valence-corrected chi connectivity index (χ4v) is 3.12. The minimum Gasteiger partial charge on any atom is -0.378 e. The number of amides is 1. The molecule has 0 bridgehead atoms. The number of hydrogen-bond acceptors (Lipinski definition) is 5. The van der Waals surface area contributed by atoms with Crippen LogP contribution in [0.25, 0.3) is 11.1 Å². The highest BCUT2D eigenvalue weighted by atomic mass is 16.5. The molecule has 0 atom stereocenters. The Morgan fingerprint density at radius 3 is 2.43 bits per heavy atom. The van der Waals surface area contributed by atoms with Crippen LogP contribution < -0.4 is 10.2 Å². The predicted molar refractivity (Wildman–Crippen MR) is 108 cm³/mol. The Morgan fingerprint density at radius 2 is 1.68 bits per heavy atom. The molecule has 1 aromatic heterocycles.